The molecule has 1 aromatic rings. The Balaban J connectivity index is 2.72. The fraction of sp³-hybridized carbons (Fsp3) is 0.125. The Hall–Kier alpha value is -2.00. The zero-order valence-corrected chi connectivity index (χ0v) is 9.45. The lowest BCUT2D eigenvalue weighted by atomic mass is 10.5. The van der Waals surface area contributed by atoms with Crippen molar-refractivity contribution in [2.24, 2.45) is 5.10 Å². The first kappa shape index (κ1) is 14.1. The molecular weight excluding hydrogens is 272 g/mol. The number of nitrogens with zero attached hydrogens (tertiary/aromatic N) is 2. The maximum atomic E-state index is 11.8. The zero-order chi connectivity index (χ0) is 13.5. The summed E-state index contributed by atoms with van der Waals surface area (Å²) in [5.41, 5.74) is 5.35. The third kappa shape index (κ3) is 4.47. The number of nitrogens with one attached hydrogen (secondary N) is 3. The molecule has 0 saturated carbocycles. The van der Waals surface area contributed by atoms with Crippen molar-refractivity contribution in [3.05, 3.63) is 23.4 Å². The molecule has 0 atom stereocenters. The molecule has 0 bridgehead atoms. The van der Waals surface area contributed by atoms with Crippen LogP contribution in [0.1, 0.15) is 0 Å². The summed E-state index contributed by atoms with van der Waals surface area (Å²) < 4.78 is 23.6. The molecule has 0 aliphatic carbocycles. The van der Waals surface area contributed by atoms with Gasteiger partial charge in [0.05, 0.1) is 5.02 Å². The Bertz CT molecular complexity index is 457. The van der Waals surface area contributed by atoms with Crippen LogP contribution < -0.4 is 16.3 Å². The van der Waals surface area contributed by atoms with Gasteiger partial charge < -0.3 is 5.11 Å². The van der Waals surface area contributed by atoms with Gasteiger partial charge in [-0.25, -0.2) is 9.78 Å². The minimum absolute atomic E-state index is 0.0942. The highest BCUT2D eigenvalue weighted by Gasteiger charge is 2.11. The number of halogens is 3. The molecule has 0 aliphatic heterocycles. The summed E-state index contributed by atoms with van der Waals surface area (Å²) in [6, 6.07) is 3.06. The average Bonchev–Trinajstić information content (AvgIpc) is 2.30. The first-order valence-electron chi connectivity index (χ1n) is 4.48. The Kier molecular flexibility index (Phi) is 5.21. The van der Waals surface area contributed by atoms with E-state index in [0.717, 1.165) is 0 Å². The van der Waals surface area contributed by atoms with Gasteiger partial charge in [-0.3, -0.25) is 10.9 Å². The van der Waals surface area contributed by atoms with Crippen molar-refractivity contribution >= 4 is 29.2 Å². The lowest BCUT2D eigenvalue weighted by Gasteiger charge is -2.07. The maximum Gasteiger partial charge on any atom is 0.374 e. The lowest BCUT2D eigenvalue weighted by molar-refractivity contribution is -0.129. The monoisotopic (exact) mass is 279 g/mol. The van der Waals surface area contributed by atoms with Crippen LogP contribution in [0.4, 0.5) is 14.6 Å². The number of carboxylic acids is 1. The number of hydrogen-bond donors (Lipinski definition) is 4. The highest BCUT2D eigenvalue weighted by molar-refractivity contribution is 6.35. The molecular formula is C8H8ClF2N5O2. The first-order valence-corrected chi connectivity index (χ1v) is 4.85. The summed E-state index contributed by atoms with van der Waals surface area (Å²) in [7, 11) is 0. The van der Waals surface area contributed by atoms with Crippen LogP contribution in [-0.2, 0) is 4.79 Å². The highest BCUT2D eigenvalue weighted by atomic mass is 35.5. The largest absolute Gasteiger partial charge is 0.475 e. The van der Waals surface area contributed by atoms with Gasteiger partial charge in [-0.15, -0.1) is 5.10 Å². The van der Waals surface area contributed by atoms with Crippen molar-refractivity contribution in [3.63, 3.8) is 0 Å². The van der Waals surface area contributed by atoms with Crippen LogP contribution in [0.25, 0.3) is 0 Å². The molecule has 98 valence electrons. The average molecular weight is 280 g/mol. The van der Waals surface area contributed by atoms with E-state index in [-0.39, 0.29) is 10.8 Å². The highest BCUT2D eigenvalue weighted by Crippen LogP contribution is 2.16. The van der Waals surface area contributed by atoms with Crippen molar-refractivity contribution in [1.29, 1.82) is 0 Å². The molecule has 4 N–H and O–H groups in total. The summed E-state index contributed by atoms with van der Waals surface area (Å²) in [6.07, 6.45) is 1.40. The maximum absolute atomic E-state index is 11.8. The van der Waals surface area contributed by atoms with E-state index in [2.05, 4.69) is 15.5 Å². The van der Waals surface area contributed by atoms with Crippen molar-refractivity contribution in [3.8, 4) is 0 Å². The van der Waals surface area contributed by atoms with Crippen molar-refractivity contribution in [1.82, 2.24) is 15.8 Å². The minimum Gasteiger partial charge on any atom is -0.475 e. The fourth-order valence-corrected chi connectivity index (χ4v) is 0.993. The van der Waals surface area contributed by atoms with E-state index < -0.39 is 18.4 Å². The smallest absolute Gasteiger partial charge is 0.374 e. The number of aromatic nitrogens is 1. The van der Waals surface area contributed by atoms with E-state index in [1.807, 2.05) is 0 Å². The number of hydrazone groups is 1. The van der Waals surface area contributed by atoms with E-state index in [0.29, 0.717) is 0 Å². The van der Waals surface area contributed by atoms with E-state index in [1.54, 1.807) is 11.5 Å². The van der Waals surface area contributed by atoms with Crippen LogP contribution in [0.15, 0.2) is 23.4 Å². The topological polar surface area (TPSA) is 98.6 Å². The number of pyridine rings is 1. The molecule has 0 spiro atoms. The van der Waals surface area contributed by atoms with Crippen molar-refractivity contribution in [2.75, 3.05) is 5.43 Å². The second kappa shape index (κ2) is 6.67. The van der Waals surface area contributed by atoms with Crippen molar-refractivity contribution < 1.29 is 18.7 Å². The van der Waals surface area contributed by atoms with Crippen LogP contribution in [-0.4, -0.2) is 28.4 Å². The summed E-state index contributed by atoms with van der Waals surface area (Å²) in [4.78, 5) is 14.4. The summed E-state index contributed by atoms with van der Waals surface area (Å²) in [6.45, 7) is -2.94. The number of hydrazine groups is 1. The zero-order valence-electron chi connectivity index (χ0n) is 8.69. The van der Waals surface area contributed by atoms with E-state index in [1.165, 1.54) is 17.7 Å². The molecule has 7 nitrogen and oxygen atoms in total. The van der Waals surface area contributed by atoms with Gasteiger partial charge in [-0.2, -0.15) is 14.2 Å². The summed E-state index contributed by atoms with van der Waals surface area (Å²) in [5, 5.41) is 12.2. The van der Waals surface area contributed by atoms with Crippen LogP contribution in [0, 0.1) is 0 Å². The summed E-state index contributed by atoms with van der Waals surface area (Å²) in [5.74, 6) is -2.21. The number of carbonyl (C=O) groups is 1. The van der Waals surface area contributed by atoms with Gasteiger partial charge >= 0.3 is 12.5 Å². The third-order valence-corrected chi connectivity index (χ3v) is 1.84. The predicted octanol–water partition coefficient (Wildman–Crippen LogP) is 0.862. The van der Waals surface area contributed by atoms with Gasteiger partial charge in [-0.1, -0.05) is 11.6 Å². The minimum atomic E-state index is -2.94. The SMILES string of the molecule is O=C(O)/C(=N\Nc1ncccc1Cl)NNC(F)F. The molecule has 0 aliphatic rings. The van der Waals surface area contributed by atoms with Gasteiger partial charge in [-0.05, 0) is 12.1 Å². The number of hydrogen-bond acceptors (Lipinski definition) is 5. The normalized spacial score (nSPS) is 11.4. The van der Waals surface area contributed by atoms with Gasteiger partial charge in [0, 0.05) is 6.20 Å². The molecule has 10 heteroatoms. The summed E-state index contributed by atoms with van der Waals surface area (Å²) >= 11 is 5.72. The molecule has 1 rings (SSSR count). The van der Waals surface area contributed by atoms with Gasteiger partial charge in [0.1, 0.15) is 0 Å². The first-order chi connectivity index (χ1) is 8.50. The van der Waals surface area contributed by atoms with Crippen LogP contribution in [0.2, 0.25) is 5.02 Å². The number of anilines is 1. The Morgan fingerprint density at radius 1 is 1.56 bits per heavy atom. The number of alkyl halides is 2. The number of amidine groups is 1. The fourth-order valence-electron chi connectivity index (χ4n) is 0.829. The molecule has 18 heavy (non-hydrogen) atoms. The Labute approximate surface area is 105 Å². The standard InChI is InChI=1S/C8H8ClF2N5O2/c9-4-2-1-3-12-5(4)13-14-6(7(17)18)15-16-8(10)11/h1-3,8,16H,(H,12,13)(H,14,15)(H,17,18). The van der Waals surface area contributed by atoms with Crippen LogP contribution >= 0.6 is 11.6 Å². The lowest BCUT2D eigenvalue weighted by Crippen LogP contribution is -2.44. The van der Waals surface area contributed by atoms with Gasteiger partial charge in [0.15, 0.2) is 5.82 Å². The van der Waals surface area contributed by atoms with Gasteiger partial charge in [0.2, 0.25) is 5.84 Å². The molecule has 0 unspecified atom stereocenters. The van der Waals surface area contributed by atoms with Crippen molar-refractivity contribution in [2.45, 2.75) is 6.55 Å². The second-order valence-corrected chi connectivity index (χ2v) is 3.19. The molecule has 0 aromatic carbocycles. The van der Waals surface area contributed by atoms with Gasteiger partial charge in [0.25, 0.3) is 0 Å². The molecule has 1 heterocycles. The van der Waals surface area contributed by atoms with E-state index in [9.17, 15) is 13.6 Å². The third-order valence-electron chi connectivity index (χ3n) is 1.53. The number of rotatable bonds is 4. The molecule has 0 amide bonds. The van der Waals surface area contributed by atoms with E-state index >= 15 is 0 Å². The predicted molar refractivity (Wildman–Crippen MR) is 60.2 cm³/mol. The second-order valence-electron chi connectivity index (χ2n) is 2.78. The molecule has 1 aromatic heterocycles. The van der Waals surface area contributed by atoms with Crippen LogP contribution in [0.3, 0.4) is 0 Å². The molecule has 0 radical (unpaired) electrons. The quantitative estimate of drug-likeness (QED) is 0.282. The Morgan fingerprint density at radius 2 is 2.28 bits per heavy atom. The van der Waals surface area contributed by atoms with Crippen LogP contribution in [0.5, 0.6) is 0 Å². The Morgan fingerprint density at radius 3 is 2.83 bits per heavy atom. The number of carboxylic acid groups (broad SMARTS) is 1. The number of aliphatic carboxylic acids is 1. The van der Waals surface area contributed by atoms with E-state index in [4.69, 9.17) is 16.7 Å². The molecule has 0 fully saturated rings. The molecule has 0 saturated heterocycles.